The molecule has 214 valence electrons. The number of hydrogen-bond donors (Lipinski definition) is 1. The predicted octanol–water partition coefficient (Wildman–Crippen LogP) is 5.24. The van der Waals surface area contributed by atoms with Gasteiger partial charge in [0.25, 0.3) is 5.56 Å². The average Bonchev–Trinajstić information content (AvgIpc) is 2.96. The number of ether oxygens (including phenoxy) is 3. The molecule has 3 heterocycles. The van der Waals surface area contributed by atoms with Gasteiger partial charge in [0.2, 0.25) is 0 Å². The Hall–Kier alpha value is -3.29. The van der Waals surface area contributed by atoms with Crippen molar-refractivity contribution in [2.24, 2.45) is 7.05 Å². The minimum Gasteiger partial charge on any atom is -0.496 e. The van der Waals surface area contributed by atoms with Crippen molar-refractivity contribution >= 4 is 0 Å². The van der Waals surface area contributed by atoms with E-state index < -0.39 is 0 Å². The van der Waals surface area contributed by atoms with E-state index in [-0.39, 0.29) is 11.7 Å². The summed E-state index contributed by atoms with van der Waals surface area (Å²) in [6.07, 6.45) is 5.09. The third-order valence-electron chi connectivity index (χ3n) is 8.84. The van der Waals surface area contributed by atoms with Crippen molar-refractivity contribution in [1.82, 2.24) is 14.8 Å². The second kappa shape index (κ2) is 11.7. The Balaban J connectivity index is 1.32. The van der Waals surface area contributed by atoms with Crippen LogP contribution in [0.5, 0.6) is 17.2 Å². The number of aryl methyl sites for hydroxylation is 2. The van der Waals surface area contributed by atoms with E-state index in [0.717, 1.165) is 90.5 Å². The molecular formula is C33H43N3O4. The summed E-state index contributed by atoms with van der Waals surface area (Å²) in [5.74, 6) is 2.70. The van der Waals surface area contributed by atoms with Crippen LogP contribution in [0, 0.1) is 20.8 Å². The number of aromatic nitrogens is 1. The van der Waals surface area contributed by atoms with Gasteiger partial charge in [-0.1, -0.05) is 12.1 Å². The number of nitrogens with zero attached hydrogens (tertiary/aromatic N) is 2. The first-order chi connectivity index (χ1) is 19.2. The molecular weight excluding hydrogens is 502 g/mol. The molecule has 2 aromatic carbocycles. The molecule has 1 atom stereocenters. The lowest BCUT2D eigenvalue weighted by Crippen LogP contribution is -2.38. The number of piperidine rings is 1. The lowest BCUT2D eigenvalue weighted by molar-refractivity contribution is 0.0943. The molecule has 0 bridgehead atoms. The number of likely N-dealkylation sites (tertiary alicyclic amines) is 1. The molecule has 0 saturated carbocycles. The quantitative estimate of drug-likeness (QED) is 0.438. The van der Waals surface area contributed by atoms with E-state index in [1.807, 2.05) is 20.0 Å². The molecule has 1 aromatic heterocycles. The Bertz CT molecular complexity index is 1430. The number of nitrogens with one attached hydrogen (secondary N) is 1. The minimum absolute atomic E-state index is 0.0260. The number of rotatable bonds is 7. The van der Waals surface area contributed by atoms with Gasteiger partial charge in [-0.15, -0.1) is 0 Å². The van der Waals surface area contributed by atoms with E-state index in [1.54, 1.807) is 25.8 Å². The highest BCUT2D eigenvalue weighted by atomic mass is 16.5. The number of benzene rings is 2. The molecule has 1 unspecified atom stereocenters. The van der Waals surface area contributed by atoms with Gasteiger partial charge in [-0.2, -0.15) is 0 Å². The zero-order valence-electron chi connectivity index (χ0n) is 25.0. The summed E-state index contributed by atoms with van der Waals surface area (Å²) in [5, 5.41) is 3.56. The van der Waals surface area contributed by atoms with E-state index in [0.29, 0.717) is 6.04 Å². The first kappa shape index (κ1) is 28.2. The molecule has 40 heavy (non-hydrogen) atoms. The van der Waals surface area contributed by atoms with Crippen molar-refractivity contribution in [2.75, 3.05) is 33.9 Å². The molecule has 1 fully saturated rings. The third kappa shape index (κ3) is 5.37. The molecule has 1 N–H and O–H groups in total. The maximum atomic E-state index is 12.4. The van der Waals surface area contributed by atoms with E-state index >= 15 is 0 Å². The molecule has 0 aliphatic carbocycles. The van der Waals surface area contributed by atoms with Crippen molar-refractivity contribution in [3.8, 4) is 28.4 Å². The molecule has 7 heteroatoms. The van der Waals surface area contributed by atoms with E-state index in [1.165, 1.54) is 16.7 Å². The van der Waals surface area contributed by atoms with Gasteiger partial charge in [0, 0.05) is 55.6 Å². The minimum atomic E-state index is 0.0260. The summed E-state index contributed by atoms with van der Waals surface area (Å²) in [5.41, 5.74) is 8.76. The van der Waals surface area contributed by atoms with Crippen LogP contribution in [0.4, 0.5) is 0 Å². The van der Waals surface area contributed by atoms with Crippen LogP contribution in [0.3, 0.4) is 0 Å². The van der Waals surface area contributed by atoms with Gasteiger partial charge >= 0.3 is 0 Å². The zero-order chi connectivity index (χ0) is 28.6. The summed E-state index contributed by atoms with van der Waals surface area (Å²) in [7, 11) is 5.21. The maximum absolute atomic E-state index is 12.4. The standard InChI is InChI=1S/C33H43N3O4/c1-20-8-9-26-23(4)34-13-10-27(26)32(20)40-25-11-14-36(15-12-25)19-29-30(38-6)16-24(17-31(29)39-7)28-18-35(5)33(37)22(3)21(28)2/h8-9,16-18,23,25,34H,10-15,19H2,1-7H3. The monoisotopic (exact) mass is 545 g/mol. The Labute approximate surface area is 238 Å². The van der Waals surface area contributed by atoms with E-state index in [4.69, 9.17) is 14.2 Å². The van der Waals surface area contributed by atoms with Crippen LogP contribution in [-0.4, -0.2) is 49.4 Å². The molecule has 1 saturated heterocycles. The highest BCUT2D eigenvalue weighted by Crippen LogP contribution is 2.38. The van der Waals surface area contributed by atoms with Gasteiger partial charge in [0.1, 0.15) is 23.4 Å². The lowest BCUT2D eigenvalue weighted by Gasteiger charge is -2.34. The molecule has 7 nitrogen and oxygen atoms in total. The van der Waals surface area contributed by atoms with Crippen LogP contribution in [0.1, 0.15) is 59.2 Å². The van der Waals surface area contributed by atoms with Gasteiger partial charge in [-0.05, 0) is 87.9 Å². The normalized spacial score (nSPS) is 17.9. The highest BCUT2D eigenvalue weighted by molar-refractivity contribution is 5.72. The Morgan fingerprint density at radius 3 is 2.33 bits per heavy atom. The molecule has 0 spiro atoms. The van der Waals surface area contributed by atoms with Crippen molar-refractivity contribution in [3.05, 3.63) is 74.2 Å². The predicted molar refractivity (Wildman–Crippen MR) is 160 cm³/mol. The fourth-order valence-electron chi connectivity index (χ4n) is 6.25. The number of fused-ring (bicyclic) bond motifs is 1. The number of pyridine rings is 1. The van der Waals surface area contributed by atoms with Crippen molar-refractivity contribution in [1.29, 1.82) is 0 Å². The first-order valence-electron chi connectivity index (χ1n) is 14.4. The summed E-state index contributed by atoms with van der Waals surface area (Å²) in [6, 6.07) is 8.96. The van der Waals surface area contributed by atoms with Gasteiger partial charge < -0.3 is 24.1 Å². The van der Waals surface area contributed by atoms with Crippen LogP contribution >= 0.6 is 0 Å². The molecule has 2 aliphatic rings. The fraction of sp³-hybridized carbons (Fsp3) is 0.485. The molecule has 2 aliphatic heterocycles. The summed E-state index contributed by atoms with van der Waals surface area (Å²) >= 11 is 0. The molecule has 0 amide bonds. The Kier molecular flexibility index (Phi) is 8.24. The third-order valence-corrected chi connectivity index (χ3v) is 8.84. The van der Waals surface area contributed by atoms with Gasteiger partial charge in [-0.3, -0.25) is 9.69 Å². The Morgan fingerprint density at radius 1 is 1.00 bits per heavy atom. The second-order valence-corrected chi connectivity index (χ2v) is 11.4. The van der Waals surface area contributed by atoms with E-state index in [2.05, 4.69) is 48.3 Å². The van der Waals surface area contributed by atoms with Crippen LogP contribution in [-0.2, 0) is 20.0 Å². The fourth-order valence-corrected chi connectivity index (χ4v) is 6.25. The van der Waals surface area contributed by atoms with Crippen molar-refractivity contribution < 1.29 is 14.2 Å². The first-order valence-corrected chi connectivity index (χ1v) is 14.4. The second-order valence-electron chi connectivity index (χ2n) is 11.4. The summed E-state index contributed by atoms with van der Waals surface area (Å²) in [6.45, 7) is 11.9. The number of methoxy groups -OCH3 is 2. The number of hydrogen-bond acceptors (Lipinski definition) is 6. The molecule has 5 rings (SSSR count). The topological polar surface area (TPSA) is 65.0 Å². The van der Waals surface area contributed by atoms with Crippen LogP contribution in [0.25, 0.3) is 11.1 Å². The summed E-state index contributed by atoms with van der Waals surface area (Å²) < 4.78 is 20.1. The largest absolute Gasteiger partial charge is 0.496 e. The SMILES string of the molecule is COc1cc(-c2cn(C)c(=O)c(C)c2C)cc(OC)c1CN1CCC(Oc2c(C)ccc3c2CCNC3C)CC1. The van der Waals surface area contributed by atoms with Crippen LogP contribution in [0.15, 0.2) is 35.3 Å². The van der Waals surface area contributed by atoms with Gasteiger partial charge in [0.05, 0.1) is 19.8 Å². The van der Waals surface area contributed by atoms with E-state index in [9.17, 15) is 4.79 Å². The van der Waals surface area contributed by atoms with Crippen LogP contribution < -0.4 is 25.1 Å². The highest BCUT2D eigenvalue weighted by Gasteiger charge is 2.27. The van der Waals surface area contributed by atoms with Crippen molar-refractivity contribution in [2.45, 2.75) is 65.6 Å². The zero-order valence-corrected chi connectivity index (χ0v) is 25.0. The van der Waals surface area contributed by atoms with Gasteiger partial charge in [-0.25, -0.2) is 0 Å². The van der Waals surface area contributed by atoms with Crippen molar-refractivity contribution in [3.63, 3.8) is 0 Å². The smallest absolute Gasteiger partial charge is 0.253 e. The lowest BCUT2D eigenvalue weighted by atomic mass is 9.92. The average molecular weight is 546 g/mol. The molecule has 3 aromatic rings. The van der Waals surface area contributed by atoms with Crippen LogP contribution in [0.2, 0.25) is 0 Å². The Morgan fingerprint density at radius 2 is 1.68 bits per heavy atom. The van der Waals surface area contributed by atoms with Gasteiger partial charge in [0.15, 0.2) is 0 Å². The molecule has 0 radical (unpaired) electrons. The summed E-state index contributed by atoms with van der Waals surface area (Å²) in [4.78, 5) is 14.9. The maximum Gasteiger partial charge on any atom is 0.253 e.